The van der Waals surface area contributed by atoms with Crippen molar-refractivity contribution in [3.8, 4) is 17.1 Å². The van der Waals surface area contributed by atoms with Crippen LogP contribution >= 0.6 is 0 Å². The second kappa shape index (κ2) is 5.83. The van der Waals surface area contributed by atoms with Gasteiger partial charge in [-0.3, -0.25) is 0 Å². The Morgan fingerprint density at radius 2 is 2.04 bits per heavy atom. The third-order valence-corrected chi connectivity index (χ3v) is 4.34. The molecule has 4 rings (SSSR count). The predicted octanol–water partition coefficient (Wildman–Crippen LogP) is 3.37. The molecule has 24 heavy (non-hydrogen) atoms. The lowest BCUT2D eigenvalue weighted by molar-refractivity contribution is 0.471. The molecule has 2 N–H and O–H groups in total. The van der Waals surface area contributed by atoms with Gasteiger partial charge in [0.2, 0.25) is 0 Å². The minimum atomic E-state index is -0.525. The Bertz CT molecular complexity index is 900. The molecule has 0 amide bonds. The number of aromatic nitrogens is 2. The van der Waals surface area contributed by atoms with E-state index in [0.717, 1.165) is 41.7 Å². The average molecular weight is 322 g/mol. The Morgan fingerprint density at radius 3 is 2.79 bits per heavy atom. The van der Waals surface area contributed by atoms with Crippen molar-refractivity contribution in [3.05, 3.63) is 59.4 Å². The molecule has 0 bridgehead atoms. The Morgan fingerprint density at radius 1 is 1.17 bits per heavy atom. The van der Waals surface area contributed by atoms with E-state index in [2.05, 4.69) is 15.3 Å². The first kappa shape index (κ1) is 15.0. The number of hydrogen-bond donors (Lipinski definition) is 2. The van der Waals surface area contributed by atoms with Crippen molar-refractivity contribution in [1.82, 2.24) is 15.3 Å². The van der Waals surface area contributed by atoms with Gasteiger partial charge in [0.05, 0.1) is 16.8 Å². The van der Waals surface area contributed by atoms with Crippen LogP contribution in [0.2, 0.25) is 0 Å². The fourth-order valence-electron chi connectivity index (χ4n) is 3.12. The zero-order valence-electron chi connectivity index (χ0n) is 13.3. The molecule has 1 aliphatic rings. The second-order valence-corrected chi connectivity index (χ2v) is 6.08. The van der Waals surface area contributed by atoms with Gasteiger partial charge in [-0.2, -0.15) is 0 Å². The quantitative estimate of drug-likeness (QED) is 0.759. The van der Waals surface area contributed by atoms with E-state index in [1.54, 1.807) is 0 Å². The summed E-state index contributed by atoms with van der Waals surface area (Å²) in [6, 6.07) is 10.2. The monoisotopic (exact) mass is 322 g/mol. The first-order valence-electron chi connectivity index (χ1n) is 7.95. The molecule has 0 aliphatic carbocycles. The largest absolute Gasteiger partial charge is 0.507 e. The number of nitrogens with one attached hydrogen (secondary N) is 1. The fourth-order valence-corrected chi connectivity index (χ4v) is 3.12. The number of hydrogen-bond acceptors (Lipinski definition) is 4. The molecular formula is C19H17FN3O. The number of halogens is 1. The van der Waals surface area contributed by atoms with Gasteiger partial charge in [-0.1, -0.05) is 18.2 Å². The SMILES string of the molecule is Cc1ccc2c([C]3CCNC3)nc(-c3c(O)cccc3F)nc2c1. The predicted molar refractivity (Wildman–Crippen MR) is 91.2 cm³/mol. The van der Waals surface area contributed by atoms with Gasteiger partial charge in [-0.25, -0.2) is 14.4 Å². The Hall–Kier alpha value is -2.53. The van der Waals surface area contributed by atoms with Crippen LogP contribution in [0.3, 0.4) is 0 Å². The molecule has 0 spiro atoms. The first-order chi connectivity index (χ1) is 11.6. The number of fused-ring (bicyclic) bond motifs is 1. The van der Waals surface area contributed by atoms with E-state index in [-0.39, 0.29) is 17.1 Å². The van der Waals surface area contributed by atoms with Gasteiger partial charge in [0.1, 0.15) is 11.6 Å². The smallest absolute Gasteiger partial charge is 0.166 e. The molecule has 2 aromatic carbocycles. The summed E-state index contributed by atoms with van der Waals surface area (Å²) in [5.41, 5.74) is 2.72. The summed E-state index contributed by atoms with van der Waals surface area (Å²) < 4.78 is 14.3. The molecular weight excluding hydrogens is 305 g/mol. The lowest BCUT2D eigenvalue weighted by Crippen LogP contribution is -2.11. The van der Waals surface area contributed by atoms with E-state index < -0.39 is 5.82 Å². The molecule has 1 aliphatic heterocycles. The number of phenolic OH excluding ortho intramolecular Hbond substituents is 1. The van der Waals surface area contributed by atoms with Crippen LogP contribution in [0.15, 0.2) is 36.4 Å². The highest BCUT2D eigenvalue weighted by Gasteiger charge is 2.24. The lowest BCUT2D eigenvalue weighted by Gasteiger charge is -2.14. The first-order valence-corrected chi connectivity index (χ1v) is 7.95. The van der Waals surface area contributed by atoms with E-state index in [1.807, 2.05) is 25.1 Å². The molecule has 1 aromatic heterocycles. The highest BCUT2D eigenvalue weighted by Crippen LogP contribution is 2.33. The van der Waals surface area contributed by atoms with Crippen LogP contribution in [0.5, 0.6) is 5.75 Å². The third kappa shape index (κ3) is 2.51. The van der Waals surface area contributed by atoms with Crippen molar-refractivity contribution in [2.45, 2.75) is 13.3 Å². The fraction of sp³-hybridized carbons (Fsp3) is 0.211. The van der Waals surface area contributed by atoms with Crippen molar-refractivity contribution < 1.29 is 9.50 Å². The average Bonchev–Trinajstić information content (AvgIpc) is 3.08. The summed E-state index contributed by atoms with van der Waals surface area (Å²) in [5.74, 6) is 0.728. The van der Waals surface area contributed by atoms with Crippen LogP contribution in [-0.2, 0) is 0 Å². The molecule has 1 saturated heterocycles. The normalized spacial score (nSPS) is 15.2. The van der Waals surface area contributed by atoms with Gasteiger partial charge in [-0.15, -0.1) is 0 Å². The molecule has 1 fully saturated rings. The summed E-state index contributed by atoms with van der Waals surface area (Å²) in [7, 11) is 0. The summed E-state index contributed by atoms with van der Waals surface area (Å²) in [4.78, 5) is 9.13. The van der Waals surface area contributed by atoms with Crippen molar-refractivity contribution in [3.63, 3.8) is 0 Å². The van der Waals surface area contributed by atoms with Gasteiger partial charge in [0, 0.05) is 17.8 Å². The molecule has 0 unspecified atom stereocenters. The Labute approximate surface area is 139 Å². The molecule has 2 heterocycles. The van der Waals surface area contributed by atoms with Crippen LogP contribution in [0, 0.1) is 18.7 Å². The summed E-state index contributed by atoms with van der Waals surface area (Å²) >= 11 is 0. The van der Waals surface area contributed by atoms with Crippen molar-refractivity contribution in [2.75, 3.05) is 13.1 Å². The second-order valence-electron chi connectivity index (χ2n) is 6.08. The van der Waals surface area contributed by atoms with E-state index >= 15 is 0 Å². The van der Waals surface area contributed by atoms with Crippen molar-refractivity contribution in [2.24, 2.45) is 0 Å². The lowest BCUT2D eigenvalue weighted by atomic mass is 9.98. The number of nitrogens with zero attached hydrogens (tertiary/aromatic N) is 2. The van der Waals surface area contributed by atoms with Crippen molar-refractivity contribution in [1.29, 1.82) is 0 Å². The van der Waals surface area contributed by atoms with Gasteiger partial charge in [0.25, 0.3) is 0 Å². The van der Waals surface area contributed by atoms with E-state index in [9.17, 15) is 9.50 Å². The molecule has 121 valence electrons. The Balaban J connectivity index is 1.99. The standard InChI is InChI=1S/C19H17FN3O/c1-11-5-6-13-15(9-11)22-19(17-14(20)3-2-4-16(17)24)23-18(13)12-7-8-21-10-12/h2-6,9,21,24H,7-8,10H2,1H3. The maximum absolute atomic E-state index is 14.3. The van der Waals surface area contributed by atoms with Crippen LogP contribution in [0.25, 0.3) is 22.3 Å². The maximum atomic E-state index is 14.3. The molecule has 0 atom stereocenters. The molecule has 4 nitrogen and oxygen atoms in total. The van der Waals surface area contributed by atoms with Crippen LogP contribution in [0.1, 0.15) is 17.7 Å². The van der Waals surface area contributed by atoms with Gasteiger partial charge in [-0.05, 0) is 43.7 Å². The summed E-state index contributed by atoms with van der Waals surface area (Å²) in [5, 5.41) is 14.4. The van der Waals surface area contributed by atoms with Crippen molar-refractivity contribution >= 4 is 10.9 Å². The van der Waals surface area contributed by atoms with Gasteiger partial charge in [0.15, 0.2) is 5.82 Å². The van der Waals surface area contributed by atoms with Crippen LogP contribution < -0.4 is 5.32 Å². The van der Waals surface area contributed by atoms with E-state index in [4.69, 9.17) is 0 Å². The minimum absolute atomic E-state index is 0.0497. The minimum Gasteiger partial charge on any atom is -0.507 e. The number of benzene rings is 2. The Kier molecular flexibility index (Phi) is 3.65. The van der Waals surface area contributed by atoms with E-state index in [1.165, 1.54) is 24.1 Å². The molecule has 3 aromatic rings. The molecule has 5 heteroatoms. The highest BCUT2D eigenvalue weighted by molar-refractivity contribution is 5.86. The topological polar surface area (TPSA) is 58.0 Å². The number of aromatic hydroxyl groups is 1. The highest BCUT2D eigenvalue weighted by atomic mass is 19.1. The number of phenols is 1. The van der Waals surface area contributed by atoms with Gasteiger partial charge >= 0.3 is 0 Å². The van der Waals surface area contributed by atoms with E-state index in [0.29, 0.717) is 0 Å². The summed E-state index contributed by atoms with van der Waals surface area (Å²) in [6.07, 6.45) is 0.905. The molecule has 0 saturated carbocycles. The van der Waals surface area contributed by atoms with Gasteiger partial charge < -0.3 is 10.4 Å². The van der Waals surface area contributed by atoms with Crippen LogP contribution in [0.4, 0.5) is 4.39 Å². The molecule has 1 radical (unpaired) electrons. The maximum Gasteiger partial charge on any atom is 0.166 e. The number of rotatable bonds is 2. The number of aryl methyl sites for hydroxylation is 1. The zero-order valence-corrected chi connectivity index (χ0v) is 13.3. The zero-order chi connectivity index (χ0) is 16.7. The van der Waals surface area contributed by atoms with Crippen LogP contribution in [-0.4, -0.2) is 28.2 Å². The summed E-state index contributed by atoms with van der Waals surface area (Å²) in [6.45, 7) is 3.67. The third-order valence-electron chi connectivity index (χ3n) is 4.34.